The SMILES string of the molecule is O=c1[nH]c(O)c(/C=c2\cnn3ccc(=Nc4cccc(Cl)c4)nc23)s1. The van der Waals surface area contributed by atoms with Gasteiger partial charge < -0.3 is 5.11 Å². The Balaban J connectivity index is 1.88. The fourth-order valence-corrected chi connectivity index (χ4v) is 3.16. The number of thiazole rings is 1. The minimum atomic E-state index is -0.329. The van der Waals surface area contributed by atoms with Crippen LogP contribution in [-0.2, 0) is 0 Å². The largest absolute Gasteiger partial charge is 0.493 e. The Hall–Kier alpha value is -2.97. The number of rotatable bonds is 2. The van der Waals surface area contributed by atoms with E-state index in [0.717, 1.165) is 11.3 Å². The summed E-state index contributed by atoms with van der Waals surface area (Å²) in [4.78, 5) is 22.7. The summed E-state index contributed by atoms with van der Waals surface area (Å²) in [5.41, 5.74) is 1.75. The minimum Gasteiger partial charge on any atom is -0.493 e. The van der Waals surface area contributed by atoms with Gasteiger partial charge in [-0.2, -0.15) is 5.10 Å². The Bertz CT molecular complexity index is 1260. The maximum atomic E-state index is 11.3. The summed E-state index contributed by atoms with van der Waals surface area (Å²) in [7, 11) is 0. The molecular formula is C16H10ClN5O2S. The molecule has 0 fully saturated rings. The van der Waals surface area contributed by atoms with E-state index in [4.69, 9.17) is 11.6 Å². The molecule has 1 aromatic carbocycles. The third-order valence-corrected chi connectivity index (χ3v) is 4.43. The normalized spacial score (nSPS) is 13.0. The average Bonchev–Trinajstić information content (AvgIpc) is 3.11. The van der Waals surface area contributed by atoms with E-state index >= 15 is 0 Å². The highest BCUT2D eigenvalue weighted by Gasteiger charge is 2.05. The van der Waals surface area contributed by atoms with Gasteiger partial charge in [-0.05, 0) is 24.3 Å². The summed E-state index contributed by atoms with van der Waals surface area (Å²) in [6.07, 6.45) is 4.99. The number of aromatic hydroxyl groups is 1. The van der Waals surface area contributed by atoms with Gasteiger partial charge in [0.25, 0.3) is 0 Å². The van der Waals surface area contributed by atoms with Gasteiger partial charge in [0.15, 0.2) is 11.1 Å². The van der Waals surface area contributed by atoms with Crippen molar-refractivity contribution in [3.8, 4) is 5.88 Å². The molecule has 4 rings (SSSR count). The highest BCUT2D eigenvalue weighted by atomic mass is 35.5. The van der Waals surface area contributed by atoms with Crippen molar-refractivity contribution in [2.24, 2.45) is 4.99 Å². The lowest BCUT2D eigenvalue weighted by Crippen LogP contribution is -2.12. The van der Waals surface area contributed by atoms with Crippen LogP contribution in [0.2, 0.25) is 5.02 Å². The van der Waals surface area contributed by atoms with Crippen LogP contribution in [0.5, 0.6) is 5.88 Å². The first-order chi connectivity index (χ1) is 12.1. The number of benzene rings is 1. The number of hydrogen-bond acceptors (Lipinski definition) is 6. The molecule has 2 N–H and O–H groups in total. The summed E-state index contributed by atoms with van der Waals surface area (Å²) < 4.78 is 1.59. The van der Waals surface area contributed by atoms with Gasteiger partial charge in [-0.3, -0.25) is 9.78 Å². The van der Waals surface area contributed by atoms with Crippen molar-refractivity contribution in [3.05, 3.63) is 73.0 Å². The molecule has 0 radical (unpaired) electrons. The number of halogens is 1. The van der Waals surface area contributed by atoms with E-state index in [1.54, 1.807) is 41.2 Å². The average molecular weight is 372 g/mol. The molecule has 9 heteroatoms. The first-order valence-corrected chi connectivity index (χ1v) is 8.36. The quantitative estimate of drug-likeness (QED) is 0.559. The van der Waals surface area contributed by atoms with Crippen LogP contribution in [0.15, 0.2) is 52.5 Å². The molecule has 0 bridgehead atoms. The second kappa shape index (κ2) is 6.15. The standard InChI is InChI=1S/C16H10ClN5O2S/c17-10-2-1-3-11(7-10)19-13-4-5-22-14(20-13)9(8-18-22)6-12-15(23)21-16(24)25-12/h1-8,23H,(H,21,24)/b9-6+,19-13?. The van der Waals surface area contributed by atoms with Crippen LogP contribution < -0.4 is 15.6 Å². The maximum absolute atomic E-state index is 11.3. The van der Waals surface area contributed by atoms with Crippen LogP contribution in [0.1, 0.15) is 4.88 Å². The van der Waals surface area contributed by atoms with E-state index in [0.29, 0.717) is 31.9 Å². The van der Waals surface area contributed by atoms with Crippen molar-refractivity contribution in [1.82, 2.24) is 19.6 Å². The molecule has 0 aliphatic heterocycles. The van der Waals surface area contributed by atoms with E-state index in [9.17, 15) is 9.90 Å². The predicted molar refractivity (Wildman–Crippen MR) is 95.1 cm³/mol. The Morgan fingerprint density at radius 2 is 2.24 bits per heavy atom. The predicted octanol–water partition coefficient (Wildman–Crippen LogP) is 1.62. The third kappa shape index (κ3) is 3.17. The second-order valence-corrected chi connectivity index (χ2v) is 6.57. The molecule has 0 aliphatic carbocycles. The number of H-pyrrole nitrogens is 1. The van der Waals surface area contributed by atoms with Crippen LogP contribution in [0.3, 0.4) is 0 Å². The number of hydrogen-bond donors (Lipinski definition) is 2. The Morgan fingerprint density at radius 3 is 3.00 bits per heavy atom. The van der Waals surface area contributed by atoms with Crippen molar-refractivity contribution >= 4 is 40.3 Å². The highest BCUT2D eigenvalue weighted by molar-refractivity contribution is 7.10. The molecule has 0 atom stereocenters. The van der Waals surface area contributed by atoms with E-state index in [1.807, 2.05) is 12.1 Å². The minimum absolute atomic E-state index is 0.172. The van der Waals surface area contributed by atoms with Gasteiger partial charge in [-0.1, -0.05) is 29.0 Å². The Morgan fingerprint density at radius 1 is 1.36 bits per heavy atom. The van der Waals surface area contributed by atoms with Crippen LogP contribution in [0.25, 0.3) is 11.7 Å². The number of nitrogens with one attached hydrogen (secondary N) is 1. The number of aromatic nitrogens is 4. The third-order valence-electron chi connectivity index (χ3n) is 3.38. The van der Waals surface area contributed by atoms with Crippen LogP contribution in [0, 0.1) is 0 Å². The number of aromatic amines is 1. The molecular weight excluding hydrogens is 362 g/mol. The van der Waals surface area contributed by atoms with Crippen LogP contribution in [-0.4, -0.2) is 24.7 Å². The Kier molecular flexibility index (Phi) is 3.83. The summed E-state index contributed by atoms with van der Waals surface area (Å²) in [5.74, 6) is -0.172. The van der Waals surface area contributed by atoms with Gasteiger partial charge in [-0.25, -0.2) is 14.5 Å². The molecule has 0 aliphatic rings. The molecule has 25 heavy (non-hydrogen) atoms. The zero-order valence-corrected chi connectivity index (χ0v) is 14.1. The number of nitrogens with zero attached hydrogens (tertiary/aromatic N) is 4. The van der Waals surface area contributed by atoms with Crippen molar-refractivity contribution in [3.63, 3.8) is 0 Å². The van der Waals surface area contributed by atoms with Crippen molar-refractivity contribution in [1.29, 1.82) is 0 Å². The topological polar surface area (TPSA) is 95.6 Å². The lowest BCUT2D eigenvalue weighted by Gasteiger charge is -1.95. The van der Waals surface area contributed by atoms with Crippen molar-refractivity contribution in [2.45, 2.75) is 0 Å². The first kappa shape index (κ1) is 15.6. The fraction of sp³-hybridized carbons (Fsp3) is 0. The molecule has 7 nitrogen and oxygen atoms in total. The zero-order chi connectivity index (χ0) is 17.4. The lowest BCUT2D eigenvalue weighted by molar-refractivity contribution is 0.455. The summed E-state index contributed by atoms with van der Waals surface area (Å²) in [6.45, 7) is 0. The molecule has 0 saturated heterocycles. The maximum Gasteiger partial charge on any atom is 0.307 e. The summed E-state index contributed by atoms with van der Waals surface area (Å²) in [5, 5.41) is 15.2. The second-order valence-electron chi connectivity index (χ2n) is 5.12. The Labute approximate surface area is 149 Å². The molecule has 4 aromatic rings. The van der Waals surface area contributed by atoms with Crippen LogP contribution >= 0.6 is 22.9 Å². The van der Waals surface area contributed by atoms with Crippen molar-refractivity contribution in [2.75, 3.05) is 0 Å². The van der Waals surface area contributed by atoms with Gasteiger partial charge in [0.1, 0.15) is 0 Å². The van der Waals surface area contributed by atoms with E-state index < -0.39 is 0 Å². The number of fused-ring (bicyclic) bond motifs is 1. The van der Waals surface area contributed by atoms with Gasteiger partial charge >= 0.3 is 4.87 Å². The van der Waals surface area contributed by atoms with Gasteiger partial charge in [0.05, 0.1) is 16.8 Å². The van der Waals surface area contributed by atoms with Crippen molar-refractivity contribution < 1.29 is 5.11 Å². The molecule has 0 saturated carbocycles. The lowest BCUT2D eigenvalue weighted by atomic mass is 10.3. The molecule has 0 spiro atoms. The smallest absolute Gasteiger partial charge is 0.307 e. The van der Waals surface area contributed by atoms with E-state index in [1.165, 1.54) is 0 Å². The summed E-state index contributed by atoms with van der Waals surface area (Å²) in [6, 6.07) is 8.89. The van der Waals surface area contributed by atoms with Gasteiger partial charge in [0.2, 0.25) is 5.88 Å². The molecule has 0 unspecified atom stereocenters. The van der Waals surface area contributed by atoms with Gasteiger partial charge in [-0.15, -0.1) is 0 Å². The molecule has 124 valence electrons. The molecule has 0 amide bonds. The van der Waals surface area contributed by atoms with E-state index in [2.05, 4.69) is 20.1 Å². The highest BCUT2D eigenvalue weighted by Crippen LogP contribution is 2.17. The molecule has 3 heterocycles. The monoisotopic (exact) mass is 371 g/mol. The van der Waals surface area contributed by atoms with E-state index in [-0.39, 0.29) is 10.8 Å². The summed E-state index contributed by atoms with van der Waals surface area (Å²) >= 11 is 6.88. The fourth-order valence-electron chi connectivity index (χ4n) is 2.29. The van der Waals surface area contributed by atoms with Crippen LogP contribution in [0.4, 0.5) is 5.69 Å². The van der Waals surface area contributed by atoms with Gasteiger partial charge in [0, 0.05) is 22.5 Å². The molecule has 3 aromatic heterocycles. The first-order valence-electron chi connectivity index (χ1n) is 7.17. The zero-order valence-electron chi connectivity index (χ0n) is 12.5.